The summed E-state index contributed by atoms with van der Waals surface area (Å²) in [4.78, 5) is 31.3. The van der Waals surface area contributed by atoms with E-state index in [1.165, 1.54) is 22.7 Å². The lowest BCUT2D eigenvalue weighted by Gasteiger charge is -2.10. The third-order valence-corrected chi connectivity index (χ3v) is 5.65. The highest BCUT2D eigenvalue weighted by Gasteiger charge is 2.16. The van der Waals surface area contributed by atoms with Crippen molar-refractivity contribution in [3.63, 3.8) is 0 Å². The van der Waals surface area contributed by atoms with E-state index in [-0.39, 0.29) is 24.0 Å². The van der Waals surface area contributed by atoms with Crippen molar-refractivity contribution < 1.29 is 14.1 Å². The third kappa shape index (κ3) is 4.88. The lowest BCUT2D eigenvalue weighted by atomic mass is 10.2. The summed E-state index contributed by atoms with van der Waals surface area (Å²) in [6.07, 6.45) is 1.63. The minimum absolute atomic E-state index is 0.0419. The van der Waals surface area contributed by atoms with Gasteiger partial charge in [-0.1, -0.05) is 35.5 Å². The predicted molar refractivity (Wildman–Crippen MR) is 116 cm³/mol. The molecular formula is C21H16N4O3S2. The van der Waals surface area contributed by atoms with Crippen LogP contribution in [0.15, 0.2) is 75.6 Å². The number of nitrogens with zero attached hydrogens (tertiary/aromatic N) is 2. The first kappa shape index (κ1) is 19.7. The fraction of sp³-hybridized carbons (Fsp3) is 0.0476. The second-order valence-electron chi connectivity index (χ2n) is 6.07. The van der Waals surface area contributed by atoms with Gasteiger partial charge in [0.1, 0.15) is 5.70 Å². The van der Waals surface area contributed by atoms with E-state index in [0.717, 1.165) is 9.75 Å². The molecule has 0 aliphatic rings. The Kier molecular flexibility index (Phi) is 6.11. The second kappa shape index (κ2) is 9.29. The lowest BCUT2D eigenvalue weighted by molar-refractivity contribution is -0.118. The summed E-state index contributed by atoms with van der Waals surface area (Å²) >= 11 is 2.96. The highest BCUT2D eigenvalue weighted by Crippen LogP contribution is 2.21. The number of aromatic nitrogens is 2. The molecule has 3 heterocycles. The highest BCUT2D eigenvalue weighted by molar-refractivity contribution is 7.13. The summed E-state index contributed by atoms with van der Waals surface area (Å²) in [7, 11) is 0. The Labute approximate surface area is 180 Å². The summed E-state index contributed by atoms with van der Waals surface area (Å²) in [6, 6.07) is 16.2. The number of carbonyl (C=O) groups excluding carboxylic acids is 2. The number of amides is 2. The van der Waals surface area contributed by atoms with Gasteiger partial charge in [-0.15, -0.1) is 22.7 Å². The molecule has 0 fully saturated rings. The maximum absolute atomic E-state index is 12.8. The van der Waals surface area contributed by atoms with Gasteiger partial charge in [-0.3, -0.25) is 9.59 Å². The van der Waals surface area contributed by atoms with E-state index in [1.54, 1.807) is 30.3 Å². The molecule has 0 aliphatic carbocycles. The number of rotatable bonds is 7. The van der Waals surface area contributed by atoms with E-state index in [0.29, 0.717) is 11.4 Å². The summed E-state index contributed by atoms with van der Waals surface area (Å²) in [6.45, 7) is 0.0419. The van der Waals surface area contributed by atoms with Crippen molar-refractivity contribution in [2.75, 3.05) is 0 Å². The van der Waals surface area contributed by atoms with Crippen LogP contribution in [0.3, 0.4) is 0 Å². The summed E-state index contributed by atoms with van der Waals surface area (Å²) < 4.78 is 5.20. The van der Waals surface area contributed by atoms with Crippen LogP contribution in [0.25, 0.3) is 16.8 Å². The Morgan fingerprint density at radius 1 is 1.00 bits per heavy atom. The van der Waals surface area contributed by atoms with Crippen LogP contribution in [0.4, 0.5) is 0 Å². The van der Waals surface area contributed by atoms with Gasteiger partial charge in [-0.25, -0.2) is 0 Å². The quantitative estimate of drug-likeness (QED) is 0.428. The number of thiophene rings is 2. The van der Waals surface area contributed by atoms with Gasteiger partial charge in [0.25, 0.3) is 11.8 Å². The molecular weight excluding hydrogens is 420 g/mol. The Morgan fingerprint density at radius 2 is 1.80 bits per heavy atom. The monoisotopic (exact) mass is 436 g/mol. The molecule has 0 unspecified atom stereocenters. The van der Waals surface area contributed by atoms with Crippen molar-refractivity contribution in [1.29, 1.82) is 0 Å². The molecule has 4 aromatic rings. The molecule has 150 valence electrons. The number of hydrogen-bond donors (Lipinski definition) is 2. The van der Waals surface area contributed by atoms with Gasteiger partial charge < -0.3 is 15.2 Å². The average Bonchev–Trinajstić information content (AvgIpc) is 3.54. The zero-order valence-corrected chi connectivity index (χ0v) is 17.2. The van der Waals surface area contributed by atoms with Gasteiger partial charge in [0, 0.05) is 10.4 Å². The van der Waals surface area contributed by atoms with Crippen LogP contribution >= 0.6 is 22.7 Å². The summed E-state index contributed by atoms with van der Waals surface area (Å²) in [5.41, 5.74) is 0.587. The van der Waals surface area contributed by atoms with E-state index >= 15 is 0 Å². The molecule has 2 amide bonds. The van der Waals surface area contributed by atoms with Gasteiger partial charge >= 0.3 is 0 Å². The van der Waals surface area contributed by atoms with Crippen LogP contribution in [0.1, 0.15) is 21.1 Å². The molecule has 1 aromatic carbocycles. The molecule has 4 rings (SSSR count). The van der Waals surface area contributed by atoms with Crippen molar-refractivity contribution in [2.24, 2.45) is 0 Å². The van der Waals surface area contributed by atoms with Crippen molar-refractivity contribution >= 4 is 40.6 Å². The van der Waals surface area contributed by atoms with Gasteiger partial charge in [-0.2, -0.15) is 4.98 Å². The molecule has 0 aliphatic heterocycles. The number of hydrogen-bond acceptors (Lipinski definition) is 7. The maximum Gasteiger partial charge on any atom is 0.268 e. The fourth-order valence-corrected chi connectivity index (χ4v) is 3.85. The van der Waals surface area contributed by atoms with E-state index < -0.39 is 5.91 Å². The fourth-order valence-electron chi connectivity index (χ4n) is 2.54. The van der Waals surface area contributed by atoms with Crippen molar-refractivity contribution in [3.8, 4) is 10.7 Å². The minimum Gasteiger partial charge on any atom is -0.342 e. The molecule has 0 spiro atoms. The minimum atomic E-state index is -0.455. The van der Waals surface area contributed by atoms with Crippen molar-refractivity contribution in [1.82, 2.24) is 20.8 Å². The van der Waals surface area contributed by atoms with Gasteiger partial charge in [-0.05, 0) is 41.1 Å². The van der Waals surface area contributed by atoms with Crippen molar-refractivity contribution in [3.05, 3.63) is 87.4 Å². The number of benzene rings is 1. The van der Waals surface area contributed by atoms with Crippen LogP contribution in [0, 0.1) is 0 Å². The number of nitrogens with one attached hydrogen (secondary N) is 2. The molecule has 9 heteroatoms. The molecule has 3 aromatic heterocycles. The first-order valence-corrected chi connectivity index (χ1v) is 10.7. The summed E-state index contributed by atoms with van der Waals surface area (Å²) in [5, 5.41) is 13.1. The van der Waals surface area contributed by atoms with Crippen LogP contribution in [0.2, 0.25) is 0 Å². The van der Waals surface area contributed by atoms with Crippen molar-refractivity contribution in [2.45, 2.75) is 6.54 Å². The second-order valence-corrected chi connectivity index (χ2v) is 7.99. The van der Waals surface area contributed by atoms with Crippen LogP contribution in [-0.2, 0) is 11.3 Å². The SMILES string of the molecule is O=C(NCc1nc(-c2cccs2)no1)/C(=C/c1cccs1)NC(=O)c1ccccc1. The lowest BCUT2D eigenvalue weighted by Crippen LogP contribution is -2.34. The van der Waals surface area contributed by atoms with Crippen LogP contribution in [-0.4, -0.2) is 22.0 Å². The normalized spacial score (nSPS) is 11.3. The molecule has 0 saturated heterocycles. The summed E-state index contributed by atoms with van der Waals surface area (Å²) in [5.74, 6) is -0.0764. The highest BCUT2D eigenvalue weighted by atomic mass is 32.1. The molecule has 0 bridgehead atoms. The van der Waals surface area contributed by atoms with Gasteiger partial charge in [0.2, 0.25) is 11.7 Å². The topological polar surface area (TPSA) is 97.1 Å². The van der Waals surface area contributed by atoms with E-state index in [2.05, 4.69) is 20.8 Å². The van der Waals surface area contributed by atoms with E-state index in [1.807, 2.05) is 41.1 Å². The van der Waals surface area contributed by atoms with Gasteiger partial charge in [0.05, 0.1) is 11.4 Å². The van der Waals surface area contributed by atoms with Crippen LogP contribution in [0.5, 0.6) is 0 Å². The Hall–Kier alpha value is -3.56. The average molecular weight is 437 g/mol. The van der Waals surface area contributed by atoms with E-state index in [4.69, 9.17) is 4.52 Å². The molecule has 7 nitrogen and oxygen atoms in total. The van der Waals surface area contributed by atoms with Gasteiger partial charge in [0.15, 0.2) is 0 Å². The maximum atomic E-state index is 12.8. The molecule has 0 radical (unpaired) electrons. The zero-order chi connectivity index (χ0) is 20.8. The largest absolute Gasteiger partial charge is 0.342 e. The zero-order valence-electron chi connectivity index (χ0n) is 15.6. The van der Waals surface area contributed by atoms with Crippen LogP contribution < -0.4 is 10.6 Å². The smallest absolute Gasteiger partial charge is 0.268 e. The molecule has 0 saturated carbocycles. The standard InChI is InChI=1S/C21H16N4O3S2/c26-20(14-6-2-1-3-7-14)23-16(12-15-8-4-10-29-15)21(27)22-13-18-24-19(25-28-18)17-9-5-11-30-17/h1-12H,13H2,(H,22,27)(H,23,26)/b16-12-. The first-order valence-electron chi connectivity index (χ1n) is 8.95. The Bertz CT molecular complexity index is 1150. The molecule has 30 heavy (non-hydrogen) atoms. The third-order valence-electron chi connectivity index (χ3n) is 3.97. The van der Waals surface area contributed by atoms with E-state index in [9.17, 15) is 9.59 Å². The Balaban J connectivity index is 1.46. The predicted octanol–water partition coefficient (Wildman–Crippen LogP) is 3.95. The Morgan fingerprint density at radius 3 is 2.53 bits per heavy atom. The number of carbonyl (C=O) groups is 2. The molecule has 2 N–H and O–H groups in total. The molecule has 0 atom stereocenters. The first-order chi connectivity index (χ1) is 14.7.